The van der Waals surface area contributed by atoms with Crippen molar-refractivity contribution in [3.8, 4) is 0 Å². The van der Waals surface area contributed by atoms with Gasteiger partial charge in [-0.1, -0.05) is 16.9 Å². The smallest absolute Gasteiger partial charge is 0.303 e. The van der Waals surface area contributed by atoms with Gasteiger partial charge in [-0.2, -0.15) is 0 Å². The molecule has 0 spiro atoms. The van der Waals surface area contributed by atoms with Gasteiger partial charge in [0.1, 0.15) is 36.4 Å². The molecule has 0 saturated carbocycles. The number of esters is 3. The Bertz CT molecular complexity index is 624. The van der Waals surface area contributed by atoms with Gasteiger partial charge in [0.2, 0.25) is 0 Å². The maximum Gasteiger partial charge on any atom is 0.303 e. The average Bonchev–Trinajstić information content (AvgIpc) is 2.50. The molecule has 2 unspecified atom stereocenters. The first-order chi connectivity index (χ1) is 12.1. The van der Waals surface area contributed by atoms with Crippen molar-refractivity contribution in [2.45, 2.75) is 50.6 Å². The lowest BCUT2D eigenvalue weighted by atomic mass is 9.97. The van der Waals surface area contributed by atoms with E-state index >= 15 is 0 Å². The number of rotatable bonds is 6. The zero-order valence-electron chi connectivity index (χ0n) is 14.3. The highest BCUT2D eigenvalue weighted by atomic mass is 32.2. The maximum absolute atomic E-state index is 11.4. The molecule has 0 aromatic heterocycles. The first-order valence-electron chi connectivity index (χ1n) is 7.33. The summed E-state index contributed by atoms with van der Waals surface area (Å²) in [4.78, 5) is 36.7. The zero-order valence-corrected chi connectivity index (χ0v) is 15.1. The summed E-state index contributed by atoms with van der Waals surface area (Å²) >= 11 is 0.711. The molecule has 26 heavy (non-hydrogen) atoms. The number of nitrogens with two attached hydrogens (primary N) is 1. The molecule has 0 bridgehead atoms. The summed E-state index contributed by atoms with van der Waals surface area (Å²) in [5.74, 6) is -2.01. The fraction of sp³-hybridized carbons (Fsp3) is 0.692. The van der Waals surface area contributed by atoms with Crippen LogP contribution in [-0.2, 0) is 33.3 Å². The van der Waals surface area contributed by atoms with Crippen LogP contribution in [0.4, 0.5) is 0 Å². The predicted molar refractivity (Wildman–Crippen MR) is 88.8 cm³/mol. The maximum atomic E-state index is 11.4. The van der Waals surface area contributed by atoms with E-state index < -0.39 is 47.7 Å². The largest absolute Gasteiger partial charge is 0.463 e. The van der Waals surface area contributed by atoms with Crippen LogP contribution in [0.15, 0.2) is 5.11 Å². The van der Waals surface area contributed by atoms with Gasteiger partial charge in [0, 0.05) is 25.7 Å². The molecule has 3 N–H and O–H groups in total. The van der Waals surface area contributed by atoms with Gasteiger partial charge < -0.3 is 24.7 Å². The van der Waals surface area contributed by atoms with Crippen LogP contribution in [0.25, 0.3) is 10.4 Å². The topological polar surface area (TPSA) is 187 Å². The van der Waals surface area contributed by atoms with E-state index in [9.17, 15) is 14.4 Å². The number of hydrogen-bond donors (Lipinski definition) is 2. The van der Waals surface area contributed by atoms with Crippen molar-refractivity contribution in [2.75, 3.05) is 6.61 Å². The molecule has 1 aliphatic rings. The minimum absolute atomic E-state index is 0.313. The Hall–Kier alpha value is -2.50. The molecular weight excluding hydrogens is 370 g/mol. The molecule has 1 saturated heterocycles. The quantitative estimate of drug-likeness (QED) is 0.124. The Balaban J connectivity index is 3.27. The van der Waals surface area contributed by atoms with Crippen LogP contribution in [0.5, 0.6) is 0 Å². The molecule has 0 aliphatic carbocycles. The number of ether oxygens (including phenoxy) is 4. The van der Waals surface area contributed by atoms with Gasteiger partial charge in [0.05, 0.1) is 0 Å². The summed E-state index contributed by atoms with van der Waals surface area (Å²) < 4.78 is 20.9. The number of azide groups is 1. The van der Waals surface area contributed by atoms with E-state index in [1.807, 2.05) is 0 Å². The minimum Gasteiger partial charge on any atom is -0.463 e. The van der Waals surface area contributed by atoms with Gasteiger partial charge in [-0.05, 0) is 5.53 Å². The summed E-state index contributed by atoms with van der Waals surface area (Å²) in [6.07, 6.45) is -3.40. The van der Waals surface area contributed by atoms with E-state index in [2.05, 4.69) is 10.0 Å². The van der Waals surface area contributed by atoms with Gasteiger partial charge in [-0.15, -0.1) is 0 Å². The highest BCUT2D eigenvalue weighted by molar-refractivity contribution is 8.14. The summed E-state index contributed by atoms with van der Waals surface area (Å²) in [6.45, 7) is 3.13. The molecule has 12 nitrogen and oxygen atoms in total. The van der Waals surface area contributed by atoms with Crippen LogP contribution in [0.3, 0.4) is 0 Å². The van der Waals surface area contributed by atoms with Crippen molar-refractivity contribution in [2.24, 2.45) is 10.8 Å². The molecule has 0 aromatic rings. The van der Waals surface area contributed by atoms with Crippen LogP contribution in [0.1, 0.15) is 20.8 Å². The SMILES string of the molecule is CC(=O)OCC1O[C@@H](SC(=N)N)[C@@H](OC(C)=O)C(N=[N+]=[N-])[C@H]1OC(C)=O. The zero-order chi connectivity index (χ0) is 19.9. The normalized spacial score (nSPS) is 27.6. The molecule has 0 amide bonds. The number of thioether (sulfide) groups is 1. The van der Waals surface area contributed by atoms with Crippen molar-refractivity contribution in [3.63, 3.8) is 0 Å². The number of hydrogen-bond acceptors (Lipinski definition) is 10. The molecule has 1 fully saturated rings. The second kappa shape index (κ2) is 9.85. The highest BCUT2D eigenvalue weighted by Crippen LogP contribution is 2.34. The molecule has 5 atom stereocenters. The van der Waals surface area contributed by atoms with E-state index in [-0.39, 0.29) is 11.8 Å². The number of nitrogens with one attached hydrogen (secondary N) is 1. The second-order valence-corrected chi connectivity index (χ2v) is 6.31. The first kappa shape index (κ1) is 21.5. The lowest BCUT2D eigenvalue weighted by molar-refractivity contribution is -0.200. The number of carbonyl (C=O) groups is 3. The number of nitrogens with zero attached hydrogens (tertiary/aromatic N) is 3. The Labute approximate surface area is 152 Å². The molecule has 1 heterocycles. The van der Waals surface area contributed by atoms with Crippen LogP contribution < -0.4 is 5.73 Å². The van der Waals surface area contributed by atoms with E-state index in [0.29, 0.717) is 11.8 Å². The number of amidine groups is 1. The van der Waals surface area contributed by atoms with Crippen LogP contribution >= 0.6 is 11.8 Å². The standard InChI is InChI=1S/C13H19N5O7S/c1-5(19)22-4-8-10(23-6(2)20)9(17-18-16)11(24-7(3)21)12(25-8)26-13(14)15/h8-12H,4H2,1-3H3,(H3,14,15)/t8?,9?,10-,11-,12-/m0/s1. The van der Waals surface area contributed by atoms with Crippen molar-refractivity contribution in [1.82, 2.24) is 0 Å². The Kier molecular flexibility index (Phi) is 8.16. The Morgan fingerprint density at radius 3 is 2.23 bits per heavy atom. The third-order valence-electron chi connectivity index (χ3n) is 3.10. The van der Waals surface area contributed by atoms with Gasteiger partial charge in [0.15, 0.2) is 5.17 Å². The minimum atomic E-state index is -1.18. The molecular formula is C13H19N5O7S. The van der Waals surface area contributed by atoms with Gasteiger partial charge >= 0.3 is 17.9 Å². The molecule has 1 rings (SSSR count). The van der Waals surface area contributed by atoms with Crippen LogP contribution in [0.2, 0.25) is 0 Å². The van der Waals surface area contributed by atoms with Crippen LogP contribution in [0, 0.1) is 5.41 Å². The fourth-order valence-corrected chi connectivity index (χ4v) is 3.09. The third-order valence-corrected chi connectivity index (χ3v) is 3.97. The van der Waals surface area contributed by atoms with Crippen molar-refractivity contribution >= 4 is 34.8 Å². The molecule has 0 aromatic carbocycles. The van der Waals surface area contributed by atoms with Crippen molar-refractivity contribution in [1.29, 1.82) is 5.41 Å². The summed E-state index contributed by atoms with van der Waals surface area (Å²) in [7, 11) is 0. The van der Waals surface area contributed by atoms with E-state index in [1.54, 1.807) is 0 Å². The third kappa shape index (κ3) is 6.43. The highest BCUT2D eigenvalue weighted by Gasteiger charge is 2.50. The summed E-state index contributed by atoms with van der Waals surface area (Å²) in [6, 6.07) is -1.18. The Morgan fingerprint density at radius 1 is 1.19 bits per heavy atom. The van der Waals surface area contributed by atoms with Crippen LogP contribution in [-0.4, -0.2) is 59.5 Å². The first-order valence-corrected chi connectivity index (χ1v) is 8.21. The van der Waals surface area contributed by atoms with E-state index in [4.69, 9.17) is 35.6 Å². The Morgan fingerprint density at radius 2 is 1.77 bits per heavy atom. The molecule has 13 heteroatoms. The average molecular weight is 389 g/mol. The number of carbonyl (C=O) groups excluding carboxylic acids is 3. The van der Waals surface area contributed by atoms with Gasteiger partial charge in [0.25, 0.3) is 0 Å². The van der Waals surface area contributed by atoms with Crippen molar-refractivity contribution < 1.29 is 33.3 Å². The summed E-state index contributed by atoms with van der Waals surface area (Å²) in [5, 5.41) is 10.6. The molecule has 1 aliphatic heterocycles. The lowest BCUT2D eigenvalue weighted by Crippen LogP contribution is -2.59. The monoisotopic (exact) mass is 389 g/mol. The lowest BCUT2D eigenvalue weighted by Gasteiger charge is -2.43. The molecule has 0 radical (unpaired) electrons. The van der Waals surface area contributed by atoms with Gasteiger partial charge in [-0.3, -0.25) is 19.8 Å². The predicted octanol–water partition coefficient (Wildman–Crippen LogP) is 0.443. The van der Waals surface area contributed by atoms with E-state index in [1.165, 1.54) is 6.92 Å². The fourth-order valence-electron chi connectivity index (χ4n) is 2.29. The van der Waals surface area contributed by atoms with E-state index in [0.717, 1.165) is 13.8 Å². The second-order valence-electron chi connectivity index (χ2n) is 5.17. The summed E-state index contributed by atoms with van der Waals surface area (Å²) in [5.41, 5.74) is 13.2. The van der Waals surface area contributed by atoms with Gasteiger partial charge in [-0.25, -0.2) is 0 Å². The van der Waals surface area contributed by atoms with Crippen molar-refractivity contribution in [3.05, 3.63) is 10.4 Å². The molecule has 144 valence electrons.